The van der Waals surface area contributed by atoms with E-state index in [1.165, 1.54) is 0 Å². The van der Waals surface area contributed by atoms with Crippen molar-refractivity contribution in [3.8, 4) is 0 Å². The highest BCUT2D eigenvalue weighted by Gasteiger charge is 2.09. The van der Waals surface area contributed by atoms with Gasteiger partial charge in [-0.15, -0.1) is 6.10 Å². The molecule has 0 aromatic heterocycles. The molecule has 0 rings (SSSR count). The van der Waals surface area contributed by atoms with E-state index in [4.69, 9.17) is 5.11 Å². The third-order valence-electron chi connectivity index (χ3n) is 1.23. The Balaban J connectivity index is 3.81. The predicted molar refractivity (Wildman–Crippen MR) is 39.0 cm³/mol. The Morgan fingerprint density at radius 2 is 1.67 bits per heavy atom. The fraction of sp³-hybridized carbons (Fsp3) is 1.00. The fourth-order valence-corrected chi connectivity index (χ4v) is 1.26. The lowest BCUT2D eigenvalue weighted by atomic mass is 10.4. The van der Waals surface area contributed by atoms with Gasteiger partial charge in [0.25, 0.3) is 7.82 Å². The van der Waals surface area contributed by atoms with Crippen molar-refractivity contribution in [3.05, 3.63) is 0 Å². The van der Waals surface area contributed by atoms with Gasteiger partial charge in [-0.2, -0.15) is 6.61 Å². The van der Waals surface area contributed by atoms with E-state index < -0.39 is 46.5 Å². The third-order valence-corrected chi connectivity index (χ3v) is 2.16. The molecule has 0 amide bonds. The summed E-state index contributed by atoms with van der Waals surface area (Å²) in [5.74, 6) is 0. The maximum Gasteiger partial charge on any atom is 0.267 e. The van der Waals surface area contributed by atoms with E-state index in [-0.39, 0.29) is 0 Å². The van der Waals surface area contributed by atoms with Crippen LogP contribution in [0.15, 0.2) is 0 Å². The number of aliphatic hydroxyl groups excluding tert-OH is 1. The molecule has 0 bridgehead atoms. The molecule has 92 valence electrons. The van der Waals surface area contributed by atoms with Crippen LogP contribution in [-0.4, -0.2) is 43.7 Å². The molecule has 0 fully saturated rings. The molecule has 15 heavy (non-hydrogen) atoms. The van der Waals surface area contributed by atoms with Crippen LogP contribution in [0.2, 0.25) is 0 Å². The fourth-order valence-electron chi connectivity index (χ4n) is 0.487. The van der Waals surface area contributed by atoms with E-state index in [2.05, 4.69) is 9.05 Å². The molecule has 0 saturated heterocycles. The summed E-state index contributed by atoms with van der Waals surface area (Å²) in [4.78, 5) is 10.8. The van der Waals surface area contributed by atoms with Crippen LogP contribution < -0.4 is 20.2 Å². The zero-order valence-electron chi connectivity index (χ0n) is 7.74. The minimum Gasteiger partial charge on any atom is -0.855 e. The van der Waals surface area contributed by atoms with Crippen molar-refractivity contribution in [1.29, 1.82) is 0 Å². The lowest BCUT2D eigenvalue weighted by molar-refractivity contribution is -0.496. The Bertz CT molecular complexity index is 191. The van der Waals surface area contributed by atoms with Crippen molar-refractivity contribution in [2.75, 3.05) is 26.4 Å². The second-order valence-corrected chi connectivity index (χ2v) is 4.04. The molecule has 0 saturated carbocycles. The lowest BCUT2D eigenvalue weighted by Gasteiger charge is -2.31. The number of aliphatic hydroxyl groups is 1. The van der Waals surface area contributed by atoms with Crippen LogP contribution in [0.25, 0.3) is 0 Å². The van der Waals surface area contributed by atoms with Gasteiger partial charge >= 0.3 is 0 Å². The standard InChI is InChI=1S/C6H12O8P/c7-1-5(9)3-13-15(11,12)14-4-6(10)2-8/h5-7H,1-4H2,(H,11,12)/q-3/p-1. The Labute approximate surface area is 86.3 Å². The van der Waals surface area contributed by atoms with Crippen molar-refractivity contribution in [2.45, 2.75) is 12.2 Å². The molecule has 0 aromatic carbocycles. The molecule has 0 spiro atoms. The quantitative estimate of drug-likeness (QED) is 0.417. The first-order valence-corrected chi connectivity index (χ1v) is 5.48. The molecule has 0 radical (unpaired) electrons. The molecule has 0 heterocycles. The zero-order chi connectivity index (χ0) is 11.9. The second-order valence-electron chi connectivity index (χ2n) is 2.63. The first kappa shape index (κ1) is 14.9. The van der Waals surface area contributed by atoms with Crippen molar-refractivity contribution >= 4 is 7.82 Å². The number of rotatable bonds is 8. The Morgan fingerprint density at radius 3 is 2.07 bits per heavy atom. The molecule has 0 aliphatic rings. The number of phosphoric ester groups is 1. The van der Waals surface area contributed by atoms with Crippen LogP contribution in [-0.2, 0) is 13.6 Å². The highest BCUT2D eigenvalue weighted by Crippen LogP contribution is 2.37. The number of hydrogen-bond acceptors (Lipinski definition) is 8. The van der Waals surface area contributed by atoms with Crippen LogP contribution in [0.5, 0.6) is 0 Å². The summed E-state index contributed by atoms with van der Waals surface area (Å²) in [6.45, 7) is -3.39. The van der Waals surface area contributed by atoms with Crippen molar-refractivity contribution in [2.24, 2.45) is 0 Å². The smallest absolute Gasteiger partial charge is 0.267 e. The summed E-state index contributed by atoms with van der Waals surface area (Å²) in [7, 11) is -4.73. The Hall–Kier alpha value is -0.0500. The molecule has 0 aliphatic carbocycles. The minimum absolute atomic E-state index is 0.773. The molecule has 8 nitrogen and oxygen atoms in total. The van der Waals surface area contributed by atoms with Gasteiger partial charge in [0.05, 0.1) is 0 Å². The molecule has 0 aromatic rings. The van der Waals surface area contributed by atoms with E-state index in [0.717, 1.165) is 0 Å². The van der Waals surface area contributed by atoms with E-state index in [0.29, 0.717) is 0 Å². The van der Waals surface area contributed by atoms with Crippen LogP contribution in [0, 0.1) is 0 Å². The van der Waals surface area contributed by atoms with Crippen LogP contribution >= 0.6 is 7.82 Å². The minimum atomic E-state index is -4.73. The monoisotopic (exact) mass is 242 g/mol. The third kappa shape index (κ3) is 7.83. The van der Waals surface area contributed by atoms with E-state index in [9.17, 15) is 24.8 Å². The average Bonchev–Trinajstić information content (AvgIpc) is 2.22. The molecular weight excluding hydrogens is 231 g/mol. The SMILES string of the molecule is O=P([O-])(OCC([O-])C[O-])OCC([O-])CO. The van der Waals surface area contributed by atoms with Gasteiger partial charge in [-0.1, -0.05) is 6.10 Å². The second kappa shape index (κ2) is 7.26. The largest absolute Gasteiger partial charge is 0.855 e. The summed E-state index contributed by atoms with van der Waals surface area (Å²) in [5, 5.41) is 39.2. The zero-order valence-corrected chi connectivity index (χ0v) is 8.63. The van der Waals surface area contributed by atoms with Crippen LogP contribution in [0.3, 0.4) is 0 Å². The number of hydrogen-bond donors (Lipinski definition) is 1. The Morgan fingerprint density at radius 1 is 1.20 bits per heavy atom. The van der Waals surface area contributed by atoms with Gasteiger partial charge in [-0.05, 0) is 0 Å². The highest BCUT2D eigenvalue weighted by molar-refractivity contribution is 7.45. The first-order valence-electron chi connectivity index (χ1n) is 4.02. The maximum atomic E-state index is 10.8. The van der Waals surface area contributed by atoms with E-state index in [1.54, 1.807) is 0 Å². The van der Waals surface area contributed by atoms with Crippen LogP contribution in [0.1, 0.15) is 0 Å². The van der Waals surface area contributed by atoms with Gasteiger partial charge in [-0.3, -0.25) is 4.57 Å². The van der Waals surface area contributed by atoms with E-state index in [1.807, 2.05) is 0 Å². The summed E-state index contributed by atoms with van der Waals surface area (Å²) in [6.07, 6.45) is -3.30. The predicted octanol–water partition coefficient (Wildman–Crippen LogP) is -4.70. The van der Waals surface area contributed by atoms with Gasteiger partial charge in [0.2, 0.25) is 0 Å². The Kier molecular flexibility index (Phi) is 7.24. The first-order chi connectivity index (χ1) is 6.91. The van der Waals surface area contributed by atoms with Crippen molar-refractivity contribution in [1.82, 2.24) is 0 Å². The summed E-state index contributed by atoms with van der Waals surface area (Å²) < 4.78 is 18.9. The van der Waals surface area contributed by atoms with Gasteiger partial charge in [0.15, 0.2) is 0 Å². The lowest BCUT2D eigenvalue weighted by Crippen LogP contribution is -2.40. The molecule has 0 aliphatic heterocycles. The molecule has 3 unspecified atom stereocenters. The van der Waals surface area contributed by atoms with Gasteiger partial charge < -0.3 is 34.4 Å². The van der Waals surface area contributed by atoms with Crippen LogP contribution in [0.4, 0.5) is 0 Å². The maximum absolute atomic E-state index is 10.8. The summed E-state index contributed by atoms with van der Waals surface area (Å²) >= 11 is 0. The van der Waals surface area contributed by atoms with Gasteiger partial charge in [0.1, 0.15) is 0 Å². The average molecular weight is 242 g/mol. The summed E-state index contributed by atoms with van der Waals surface area (Å²) in [6, 6.07) is 0. The van der Waals surface area contributed by atoms with Gasteiger partial charge in [0, 0.05) is 19.8 Å². The molecule has 3 atom stereocenters. The molecular formula is C6H11O8P-4. The van der Waals surface area contributed by atoms with E-state index >= 15 is 0 Å². The number of phosphoric acid groups is 1. The normalized spacial score (nSPS) is 19.5. The molecule has 1 N–H and O–H groups in total. The molecule has 9 heteroatoms. The highest BCUT2D eigenvalue weighted by atomic mass is 31.2. The van der Waals surface area contributed by atoms with Gasteiger partial charge in [-0.25, -0.2) is 0 Å². The summed E-state index contributed by atoms with van der Waals surface area (Å²) in [5.41, 5.74) is 0. The topological polar surface area (TPSA) is 148 Å². The van der Waals surface area contributed by atoms with Crippen molar-refractivity contribution in [3.63, 3.8) is 0 Å². The van der Waals surface area contributed by atoms with Crippen molar-refractivity contribution < 1.29 is 38.9 Å².